The third kappa shape index (κ3) is 4.37. The average molecular weight is 430 g/mol. The summed E-state index contributed by atoms with van der Waals surface area (Å²) in [6.07, 6.45) is 2.41. The molecule has 2 aromatic heterocycles. The first-order valence-corrected chi connectivity index (χ1v) is 11.1. The van der Waals surface area contributed by atoms with E-state index < -0.39 is 0 Å². The van der Waals surface area contributed by atoms with Crippen molar-refractivity contribution in [1.29, 1.82) is 0 Å². The molecule has 1 aliphatic rings. The van der Waals surface area contributed by atoms with Crippen LogP contribution in [0.25, 0.3) is 5.69 Å². The average Bonchev–Trinajstić information content (AvgIpc) is 3.34. The molecule has 6 nitrogen and oxygen atoms in total. The van der Waals surface area contributed by atoms with Crippen LogP contribution in [0.5, 0.6) is 0 Å². The second-order valence-electron chi connectivity index (χ2n) is 7.18. The number of aryl methyl sites for hydroxylation is 1. The standard InChI is InChI=1S/C21H24ClN5OS/c1-3-20-19(12-23-27(20)18-6-4-5-16(22)11-18)21(28)26-9-7-25(8-10-26)13-17-14-29-15(2)24-17/h4-6,11-12,14H,3,7-10,13H2,1-2H3. The molecule has 1 fully saturated rings. The first kappa shape index (κ1) is 20.1. The van der Waals surface area contributed by atoms with Gasteiger partial charge in [0.15, 0.2) is 0 Å². The Labute approximate surface area is 179 Å². The Hall–Kier alpha value is -2.22. The number of rotatable bonds is 5. The van der Waals surface area contributed by atoms with Gasteiger partial charge in [0.1, 0.15) is 0 Å². The largest absolute Gasteiger partial charge is 0.336 e. The summed E-state index contributed by atoms with van der Waals surface area (Å²) in [6, 6.07) is 7.54. The summed E-state index contributed by atoms with van der Waals surface area (Å²) in [5.74, 6) is 0.0549. The second kappa shape index (κ2) is 8.65. The number of hydrogen-bond acceptors (Lipinski definition) is 5. The molecule has 0 saturated carbocycles. The molecule has 29 heavy (non-hydrogen) atoms. The molecule has 1 aliphatic heterocycles. The van der Waals surface area contributed by atoms with Gasteiger partial charge in [0.25, 0.3) is 5.91 Å². The summed E-state index contributed by atoms with van der Waals surface area (Å²) in [4.78, 5) is 22.0. The molecular formula is C21H24ClN5OS. The molecule has 4 rings (SSSR count). The quantitative estimate of drug-likeness (QED) is 0.618. The zero-order valence-corrected chi connectivity index (χ0v) is 18.2. The number of carbonyl (C=O) groups is 1. The van der Waals surface area contributed by atoms with Crippen LogP contribution in [0.2, 0.25) is 5.02 Å². The Morgan fingerprint density at radius 3 is 2.69 bits per heavy atom. The monoisotopic (exact) mass is 429 g/mol. The van der Waals surface area contributed by atoms with Gasteiger partial charge in [-0.3, -0.25) is 9.69 Å². The molecule has 0 N–H and O–H groups in total. The van der Waals surface area contributed by atoms with E-state index in [-0.39, 0.29) is 5.91 Å². The highest BCUT2D eigenvalue weighted by Crippen LogP contribution is 2.21. The predicted molar refractivity (Wildman–Crippen MR) is 116 cm³/mol. The summed E-state index contributed by atoms with van der Waals surface area (Å²) < 4.78 is 1.82. The van der Waals surface area contributed by atoms with Crippen molar-refractivity contribution in [1.82, 2.24) is 24.6 Å². The fourth-order valence-corrected chi connectivity index (χ4v) is 4.50. The van der Waals surface area contributed by atoms with Gasteiger partial charge < -0.3 is 4.90 Å². The molecule has 1 saturated heterocycles. The molecule has 0 unspecified atom stereocenters. The fraction of sp³-hybridized carbons (Fsp3) is 0.381. The number of amides is 1. The molecule has 8 heteroatoms. The number of piperazine rings is 1. The molecule has 0 radical (unpaired) electrons. The normalized spacial score (nSPS) is 15.1. The van der Waals surface area contributed by atoms with E-state index in [1.165, 1.54) is 0 Å². The van der Waals surface area contributed by atoms with Gasteiger partial charge in [-0.1, -0.05) is 24.6 Å². The molecule has 0 bridgehead atoms. The van der Waals surface area contributed by atoms with E-state index >= 15 is 0 Å². The number of benzene rings is 1. The Morgan fingerprint density at radius 1 is 1.24 bits per heavy atom. The summed E-state index contributed by atoms with van der Waals surface area (Å²) in [5.41, 5.74) is 3.58. The third-order valence-corrected chi connectivity index (χ3v) is 6.26. The van der Waals surface area contributed by atoms with Gasteiger partial charge in [-0.25, -0.2) is 9.67 Å². The van der Waals surface area contributed by atoms with Crippen LogP contribution in [0.3, 0.4) is 0 Å². The highest BCUT2D eigenvalue weighted by molar-refractivity contribution is 7.09. The van der Waals surface area contributed by atoms with E-state index in [1.807, 2.05) is 47.7 Å². The molecule has 0 spiro atoms. The second-order valence-corrected chi connectivity index (χ2v) is 8.68. The molecule has 0 aliphatic carbocycles. The molecule has 1 amide bonds. The number of halogens is 1. The number of carbonyl (C=O) groups excluding carboxylic acids is 1. The van der Waals surface area contributed by atoms with E-state index in [2.05, 4.69) is 20.4 Å². The van der Waals surface area contributed by atoms with E-state index in [0.29, 0.717) is 23.7 Å². The maximum Gasteiger partial charge on any atom is 0.257 e. The van der Waals surface area contributed by atoms with Crippen molar-refractivity contribution in [3.63, 3.8) is 0 Å². The van der Waals surface area contributed by atoms with Crippen LogP contribution >= 0.6 is 22.9 Å². The summed E-state index contributed by atoms with van der Waals surface area (Å²) >= 11 is 7.81. The predicted octanol–water partition coefficient (Wildman–Crippen LogP) is 3.81. The lowest BCUT2D eigenvalue weighted by atomic mass is 10.1. The van der Waals surface area contributed by atoms with Crippen LogP contribution in [0, 0.1) is 6.92 Å². The van der Waals surface area contributed by atoms with Crippen molar-refractivity contribution in [2.75, 3.05) is 26.2 Å². The van der Waals surface area contributed by atoms with Gasteiger partial charge in [-0.2, -0.15) is 5.10 Å². The van der Waals surface area contributed by atoms with Crippen LogP contribution in [0.4, 0.5) is 0 Å². The molecule has 1 aromatic carbocycles. The minimum Gasteiger partial charge on any atom is -0.336 e. The van der Waals surface area contributed by atoms with Crippen LogP contribution < -0.4 is 0 Å². The summed E-state index contributed by atoms with van der Waals surface area (Å²) in [7, 11) is 0. The van der Waals surface area contributed by atoms with Crippen LogP contribution in [0.15, 0.2) is 35.8 Å². The van der Waals surface area contributed by atoms with Gasteiger partial charge in [-0.15, -0.1) is 11.3 Å². The first-order chi connectivity index (χ1) is 14.0. The Bertz CT molecular complexity index is 1010. The minimum absolute atomic E-state index is 0.0549. The Balaban J connectivity index is 1.45. The maximum absolute atomic E-state index is 13.2. The van der Waals surface area contributed by atoms with E-state index in [9.17, 15) is 4.79 Å². The summed E-state index contributed by atoms with van der Waals surface area (Å²) in [5, 5.41) is 8.34. The van der Waals surface area contributed by atoms with Crippen molar-refractivity contribution < 1.29 is 4.79 Å². The maximum atomic E-state index is 13.2. The molecule has 3 heterocycles. The molecule has 0 atom stereocenters. The highest BCUT2D eigenvalue weighted by Gasteiger charge is 2.26. The topological polar surface area (TPSA) is 54.3 Å². The van der Waals surface area contributed by atoms with Gasteiger partial charge in [-0.05, 0) is 31.5 Å². The van der Waals surface area contributed by atoms with Crippen molar-refractivity contribution in [3.05, 3.63) is 62.8 Å². The van der Waals surface area contributed by atoms with E-state index in [4.69, 9.17) is 11.6 Å². The fourth-order valence-electron chi connectivity index (χ4n) is 3.71. The molecule has 152 valence electrons. The Morgan fingerprint density at radius 2 is 2.03 bits per heavy atom. The number of hydrogen-bond donors (Lipinski definition) is 0. The van der Waals surface area contributed by atoms with Crippen molar-refractivity contribution >= 4 is 28.8 Å². The Kier molecular flexibility index (Phi) is 5.99. The lowest BCUT2D eigenvalue weighted by Crippen LogP contribution is -2.48. The third-order valence-electron chi connectivity index (χ3n) is 5.20. The number of aromatic nitrogens is 3. The molecular weight excluding hydrogens is 406 g/mol. The van der Waals surface area contributed by atoms with Gasteiger partial charge in [0, 0.05) is 43.1 Å². The van der Waals surface area contributed by atoms with Crippen LogP contribution in [0.1, 0.15) is 33.7 Å². The lowest BCUT2D eigenvalue weighted by molar-refractivity contribution is 0.0626. The summed E-state index contributed by atoms with van der Waals surface area (Å²) in [6.45, 7) is 8.06. The van der Waals surface area contributed by atoms with Crippen molar-refractivity contribution in [2.24, 2.45) is 0 Å². The van der Waals surface area contributed by atoms with Crippen LogP contribution in [-0.2, 0) is 13.0 Å². The number of thiazole rings is 1. The molecule has 3 aromatic rings. The van der Waals surface area contributed by atoms with Crippen molar-refractivity contribution in [3.8, 4) is 5.69 Å². The first-order valence-electron chi connectivity index (χ1n) is 9.80. The SMILES string of the molecule is CCc1c(C(=O)N2CCN(Cc3csc(C)n3)CC2)cnn1-c1cccc(Cl)c1. The highest BCUT2D eigenvalue weighted by atomic mass is 35.5. The van der Waals surface area contributed by atoms with E-state index in [0.717, 1.165) is 48.1 Å². The van der Waals surface area contributed by atoms with Gasteiger partial charge >= 0.3 is 0 Å². The van der Waals surface area contributed by atoms with Crippen molar-refractivity contribution in [2.45, 2.75) is 26.8 Å². The lowest BCUT2D eigenvalue weighted by Gasteiger charge is -2.34. The smallest absolute Gasteiger partial charge is 0.257 e. The van der Waals surface area contributed by atoms with Gasteiger partial charge in [0.05, 0.1) is 33.8 Å². The minimum atomic E-state index is 0.0549. The van der Waals surface area contributed by atoms with E-state index in [1.54, 1.807) is 17.5 Å². The zero-order valence-electron chi connectivity index (χ0n) is 16.6. The number of nitrogens with zero attached hydrogens (tertiary/aromatic N) is 5. The van der Waals surface area contributed by atoms with Gasteiger partial charge in [0.2, 0.25) is 0 Å². The zero-order chi connectivity index (χ0) is 20.4. The van der Waals surface area contributed by atoms with Crippen LogP contribution in [-0.4, -0.2) is 56.7 Å².